The molecular formula is C12H22N4O3. The van der Waals surface area contributed by atoms with E-state index < -0.39 is 0 Å². The summed E-state index contributed by atoms with van der Waals surface area (Å²) in [5.74, 6) is 0.00474. The Morgan fingerprint density at radius 3 is 2.74 bits per heavy atom. The fourth-order valence-corrected chi connectivity index (χ4v) is 2.42. The number of likely N-dealkylation sites (N-methyl/N-ethyl adjacent to an activating group) is 1. The van der Waals surface area contributed by atoms with Crippen molar-refractivity contribution in [2.45, 2.75) is 6.04 Å². The molecule has 2 aliphatic rings. The number of ether oxygens (including phenoxy) is 1. The molecule has 1 atom stereocenters. The second-order valence-electron chi connectivity index (χ2n) is 4.81. The first-order valence-electron chi connectivity index (χ1n) is 6.74. The molecular weight excluding hydrogens is 248 g/mol. The lowest BCUT2D eigenvalue weighted by atomic mass is 10.2. The predicted molar refractivity (Wildman–Crippen MR) is 69.7 cm³/mol. The van der Waals surface area contributed by atoms with E-state index >= 15 is 0 Å². The Labute approximate surface area is 113 Å². The minimum absolute atomic E-state index is 0.0900. The van der Waals surface area contributed by atoms with Gasteiger partial charge in [-0.15, -0.1) is 0 Å². The lowest BCUT2D eigenvalue weighted by Gasteiger charge is -2.36. The van der Waals surface area contributed by atoms with Crippen LogP contribution >= 0.6 is 0 Å². The summed E-state index contributed by atoms with van der Waals surface area (Å²) in [7, 11) is 1.60. The zero-order valence-corrected chi connectivity index (χ0v) is 11.4. The van der Waals surface area contributed by atoms with Crippen LogP contribution in [0.15, 0.2) is 0 Å². The van der Waals surface area contributed by atoms with E-state index in [1.807, 2.05) is 9.80 Å². The number of amides is 2. The maximum Gasteiger partial charge on any atom is 0.239 e. The van der Waals surface area contributed by atoms with Crippen LogP contribution < -0.4 is 10.6 Å². The summed E-state index contributed by atoms with van der Waals surface area (Å²) in [4.78, 5) is 27.7. The van der Waals surface area contributed by atoms with Gasteiger partial charge in [-0.25, -0.2) is 0 Å². The molecule has 0 bridgehead atoms. The average molecular weight is 270 g/mol. The van der Waals surface area contributed by atoms with Crippen LogP contribution in [0.2, 0.25) is 0 Å². The van der Waals surface area contributed by atoms with Crippen molar-refractivity contribution in [2.24, 2.45) is 0 Å². The SMILES string of the molecule is CNC(=O)C1COCCN1CC(=O)N1CCNCC1. The quantitative estimate of drug-likeness (QED) is 0.612. The molecule has 7 heteroatoms. The Kier molecular flexibility index (Phi) is 5.12. The molecule has 108 valence electrons. The minimum atomic E-state index is -0.356. The van der Waals surface area contributed by atoms with Gasteiger partial charge < -0.3 is 20.3 Å². The maximum absolute atomic E-state index is 12.2. The van der Waals surface area contributed by atoms with Gasteiger partial charge in [0.1, 0.15) is 6.04 Å². The first-order chi connectivity index (χ1) is 9.22. The highest BCUT2D eigenvalue weighted by atomic mass is 16.5. The van der Waals surface area contributed by atoms with Crippen LogP contribution in [0.3, 0.4) is 0 Å². The fraction of sp³-hybridized carbons (Fsp3) is 0.833. The maximum atomic E-state index is 12.2. The highest BCUT2D eigenvalue weighted by molar-refractivity contribution is 5.83. The highest BCUT2D eigenvalue weighted by Gasteiger charge is 2.31. The molecule has 2 heterocycles. The highest BCUT2D eigenvalue weighted by Crippen LogP contribution is 2.08. The summed E-state index contributed by atoms with van der Waals surface area (Å²) in [5, 5.41) is 5.84. The number of hydrogen-bond donors (Lipinski definition) is 2. The molecule has 0 aromatic heterocycles. The molecule has 19 heavy (non-hydrogen) atoms. The summed E-state index contributed by atoms with van der Waals surface area (Å²) in [5.41, 5.74) is 0. The van der Waals surface area contributed by atoms with Gasteiger partial charge >= 0.3 is 0 Å². The number of carbonyl (C=O) groups is 2. The van der Waals surface area contributed by atoms with Crippen molar-refractivity contribution >= 4 is 11.8 Å². The third kappa shape index (κ3) is 3.65. The fourth-order valence-electron chi connectivity index (χ4n) is 2.42. The molecule has 0 saturated carbocycles. The normalized spacial score (nSPS) is 25.1. The van der Waals surface area contributed by atoms with Gasteiger partial charge in [0.2, 0.25) is 11.8 Å². The molecule has 2 rings (SSSR count). The molecule has 2 aliphatic heterocycles. The van der Waals surface area contributed by atoms with Gasteiger partial charge in [-0.05, 0) is 0 Å². The van der Waals surface area contributed by atoms with E-state index in [0.717, 1.165) is 26.2 Å². The molecule has 1 unspecified atom stereocenters. The Morgan fingerprint density at radius 2 is 2.05 bits per heavy atom. The van der Waals surface area contributed by atoms with Crippen molar-refractivity contribution in [3.63, 3.8) is 0 Å². The van der Waals surface area contributed by atoms with Gasteiger partial charge in [-0.3, -0.25) is 14.5 Å². The first-order valence-corrected chi connectivity index (χ1v) is 6.74. The number of morpholine rings is 1. The molecule has 7 nitrogen and oxygen atoms in total. The van der Waals surface area contributed by atoms with Crippen molar-refractivity contribution in [1.29, 1.82) is 0 Å². The standard InChI is InChI=1S/C12H22N4O3/c1-13-12(18)10-9-19-7-6-16(10)8-11(17)15-4-2-14-3-5-15/h10,14H,2-9H2,1H3,(H,13,18). The van der Waals surface area contributed by atoms with Crippen LogP contribution in [-0.4, -0.2) is 87.2 Å². The number of nitrogens with one attached hydrogen (secondary N) is 2. The van der Waals surface area contributed by atoms with Crippen molar-refractivity contribution in [3.05, 3.63) is 0 Å². The van der Waals surface area contributed by atoms with E-state index in [1.54, 1.807) is 7.05 Å². The lowest BCUT2D eigenvalue weighted by Crippen LogP contribution is -2.57. The van der Waals surface area contributed by atoms with E-state index in [1.165, 1.54) is 0 Å². The summed E-state index contributed by atoms with van der Waals surface area (Å²) in [6.45, 7) is 5.01. The summed E-state index contributed by atoms with van der Waals surface area (Å²) >= 11 is 0. The Balaban J connectivity index is 1.91. The minimum Gasteiger partial charge on any atom is -0.378 e. The van der Waals surface area contributed by atoms with Gasteiger partial charge in [-0.2, -0.15) is 0 Å². The summed E-state index contributed by atoms with van der Waals surface area (Å²) in [6, 6.07) is -0.356. The number of hydrogen-bond acceptors (Lipinski definition) is 5. The predicted octanol–water partition coefficient (Wildman–Crippen LogP) is -2.13. The molecule has 2 fully saturated rings. The van der Waals surface area contributed by atoms with E-state index in [-0.39, 0.29) is 17.9 Å². The zero-order chi connectivity index (χ0) is 13.7. The monoisotopic (exact) mass is 270 g/mol. The van der Waals surface area contributed by atoms with Gasteiger partial charge in [0.25, 0.3) is 0 Å². The molecule has 0 aromatic carbocycles. The third-order valence-corrected chi connectivity index (χ3v) is 3.60. The van der Waals surface area contributed by atoms with Crippen LogP contribution in [0.25, 0.3) is 0 Å². The second-order valence-corrected chi connectivity index (χ2v) is 4.81. The second kappa shape index (κ2) is 6.83. The van der Waals surface area contributed by atoms with Gasteiger partial charge in [0.05, 0.1) is 19.8 Å². The Hall–Kier alpha value is -1.18. The van der Waals surface area contributed by atoms with Gasteiger partial charge in [-0.1, -0.05) is 0 Å². The van der Waals surface area contributed by atoms with E-state index in [9.17, 15) is 9.59 Å². The zero-order valence-electron chi connectivity index (χ0n) is 11.4. The van der Waals surface area contributed by atoms with Crippen LogP contribution in [0.4, 0.5) is 0 Å². The largest absolute Gasteiger partial charge is 0.378 e. The molecule has 0 radical (unpaired) electrons. The van der Waals surface area contributed by atoms with E-state index in [4.69, 9.17) is 4.74 Å². The molecule has 2 amide bonds. The Bertz CT molecular complexity index is 331. The molecule has 0 aromatic rings. The molecule has 0 spiro atoms. The van der Waals surface area contributed by atoms with Gasteiger partial charge in [0, 0.05) is 39.8 Å². The van der Waals surface area contributed by atoms with E-state index in [2.05, 4.69) is 10.6 Å². The number of rotatable bonds is 3. The topological polar surface area (TPSA) is 73.9 Å². The van der Waals surface area contributed by atoms with Crippen LogP contribution in [0, 0.1) is 0 Å². The third-order valence-electron chi connectivity index (χ3n) is 3.60. The van der Waals surface area contributed by atoms with Gasteiger partial charge in [0.15, 0.2) is 0 Å². The van der Waals surface area contributed by atoms with Crippen LogP contribution in [0.1, 0.15) is 0 Å². The van der Waals surface area contributed by atoms with Crippen molar-refractivity contribution in [3.8, 4) is 0 Å². The Morgan fingerprint density at radius 1 is 1.32 bits per heavy atom. The number of piperazine rings is 1. The lowest BCUT2D eigenvalue weighted by molar-refractivity contribution is -0.139. The van der Waals surface area contributed by atoms with Crippen LogP contribution in [0.5, 0.6) is 0 Å². The average Bonchev–Trinajstić information content (AvgIpc) is 2.48. The summed E-state index contributed by atoms with van der Waals surface area (Å²) < 4.78 is 5.32. The molecule has 0 aliphatic carbocycles. The smallest absolute Gasteiger partial charge is 0.239 e. The van der Waals surface area contributed by atoms with Crippen molar-refractivity contribution in [2.75, 3.05) is 59.5 Å². The summed E-state index contributed by atoms with van der Waals surface area (Å²) in [6.07, 6.45) is 0. The number of nitrogens with zero attached hydrogens (tertiary/aromatic N) is 2. The van der Waals surface area contributed by atoms with Crippen LogP contribution in [-0.2, 0) is 14.3 Å². The molecule has 2 saturated heterocycles. The van der Waals surface area contributed by atoms with Crippen molar-refractivity contribution in [1.82, 2.24) is 20.4 Å². The van der Waals surface area contributed by atoms with Crippen molar-refractivity contribution < 1.29 is 14.3 Å². The molecule has 2 N–H and O–H groups in total. The number of carbonyl (C=O) groups excluding carboxylic acids is 2. The first kappa shape index (κ1) is 14.2. The van der Waals surface area contributed by atoms with E-state index in [0.29, 0.717) is 26.3 Å².